The molecule has 0 fully saturated rings. The number of fused-ring (bicyclic) bond motifs is 1. The van der Waals surface area contributed by atoms with E-state index >= 15 is 9.13 Å². The number of rotatable bonds is 7. The summed E-state index contributed by atoms with van der Waals surface area (Å²) in [6, 6.07) is 76.0. The van der Waals surface area contributed by atoms with Gasteiger partial charge in [-0.15, -0.1) is 0 Å². The van der Waals surface area contributed by atoms with E-state index in [1.54, 1.807) is 0 Å². The van der Waals surface area contributed by atoms with Crippen LogP contribution in [0.25, 0.3) is 0 Å². The van der Waals surface area contributed by atoms with E-state index in [1.165, 1.54) is 44.5 Å². The zero-order valence-corrected chi connectivity index (χ0v) is 34.6. The van der Waals surface area contributed by atoms with E-state index in [2.05, 4.69) is 146 Å². The van der Waals surface area contributed by atoms with Gasteiger partial charge in [-0.1, -0.05) is 218 Å². The lowest BCUT2D eigenvalue weighted by molar-refractivity contribution is 0.583. The Kier molecular flexibility index (Phi) is 8.09. The summed E-state index contributed by atoms with van der Waals surface area (Å²) in [6.45, 7) is 0. The summed E-state index contributed by atoms with van der Waals surface area (Å²) in [4.78, 5) is 0. The maximum atomic E-state index is 17.5. The van der Waals surface area contributed by atoms with Gasteiger partial charge < -0.3 is 9.13 Å². The summed E-state index contributed by atoms with van der Waals surface area (Å²) in [6.07, 6.45) is 0. The van der Waals surface area contributed by atoms with Gasteiger partial charge in [0.15, 0.2) is 14.3 Å². The molecule has 0 saturated heterocycles. The fourth-order valence-corrected chi connectivity index (χ4v) is 17.9. The summed E-state index contributed by atoms with van der Waals surface area (Å²) in [5.74, 6) is -1.09. The predicted molar refractivity (Wildman–Crippen MR) is 247 cm³/mol. The van der Waals surface area contributed by atoms with Crippen LogP contribution in [0.3, 0.4) is 0 Å². The van der Waals surface area contributed by atoms with Gasteiger partial charge >= 0.3 is 0 Å². The van der Waals surface area contributed by atoms with Crippen LogP contribution in [-0.4, -0.2) is 0 Å². The summed E-state index contributed by atoms with van der Waals surface area (Å²) in [5, 5.41) is 5.14. The second kappa shape index (κ2) is 13.6. The lowest BCUT2D eigenvalue weighted by Crippen LogP contribution is -2.37. The Morgan fingerprint density at radius 2 is 0.417 bits per heavy atom. The molecule has 0 saturated carbocycles. The second-order valence-electron chi connectivity index (χ2n) is 16.4. The van der Waals surface area contributed by atoms with Gasteiger partial charge in [0, 0.05) is 55.5 Å². The molecule has 0 aromatic heterocycles. The van der Waals surface area contributed by atoms with Crippen molar-refractivity contribution in [1.29, 1.82) is 0 Å². The van der Waals surface area contributed by atoms with Crippen LogP contribution in [0.4, 0.5) is 0 Å². The van der Waals surface area contributed by atoms with Gasteiger partial charge in [-0.25, -0.2) is 0 Å². The van der Waals surface area contributed by atoms with Gasteiger partial charge in [0.2, 0.25) is 0 Å². The molecule has 0 N–H and O–H groups in total. The molecule has 0 radical (unpaired) electrons. The van der Waals surface area contributed by atoms with E-state index < -0.39 is 14.3 Å². The largest absolute Gasteiger partial charge is 0.309 e. The van der Waals surface area contributed by atoms with E-state index in [-0.39, 0.29) is 23.7 Å². The Labute approximate surface area is 351 Å². The molecular weight excluding hydrogens is 767 g/mol. The first kappa shape index (κ1) is 35.6. The molecule has 0 amide bonds. The van der Waals surface area contributed by atoms with Crippen LogP contribution in [0.1, 0.15) is 68.2 Å². The summed E-state index contributed by atoms with van der Waals surface area (Å²) < 4.78 is 35.0. The second-order valence-corrected chi connectivity index (χ2v) is 21.9. The van der Waals surface area contributed by atoms with Crippen LogP contribution in [0.15, 0.2) is 240 Å². The molecule has 6 aliphatic carbocycles. The number of benzene rings is 8. The Morgan fingerprint density at radius 1 is 0.233 bits per heavy atom. The van der Waals surface area contributed by atoms with Crippen molar-refractivity contribution in [2.24, 2.45) is 0 Å². The van der Waals surface area contributed by atoms with Crippen molar-refractivity contribution in [3.05, 3.63) is 285 Å². The van der Waals surface area contributed by atoms with Crippen LogP contribution in [-0.2, 0) is 9.13 Å². The third kappa shape index (κ3) is 4.84. The molecule has 0 heterocycles. The summed E-state index contributed by atoms with van der Waals surface area (Å²) in [7, 11) is -7.27. The Morgan fingerprint density at radius 3 is 0.633 bits per heavy atom. The van der Waals surface area contributed by atoms with Gasteiger partial charge in [-0.2, -0.15) is 0 Å². The lowest BCUT2D eigenvalue weighted by atomic mass is 9.57. The highest BCUT2D eigenvalue weighted by atomic mass is 31.2. The number of allylic oxidation sites excluding steroid dienone is 4. The highest BCUT2D eigenvalue weighted by molar-refractivity contribution is 7.83. The molecule has 0 spiro atoms. The van der Waals surface area contributed by atoms with Crippen molar-refractivity contribution in [2.45, 2.75) is 23.7 Å². The molecule has 8 aromatic carbocycles. The van der Waals surface area contributed by atoms with E-state index in [9.17, 15) is 0 Å². The van der Waals surface area contributed by atoms with Crippen molar-refractivity contribution in [2.75, 3.05) is 0 Å². The fourth-order valence-electron chi connectivity index (χ4n) is 11.3. The molecule has 4 bridgehead atoms. The Balaban J connectivity index is 1.33. The zero-order valence-electron chi connectivity index (χ0n) is 32.8. The van der Waals surface area contributed by atoms with E-state index in [4.69, 9.17) is 0 Å². The van der Waals surface area contributed by atoms with Crippen LogP contribution < -0.4 is 21.2 Å². The molecule has 4 heteroatoms. The summed E-state index contributed by atoms with van der Waals surface area (Å²) >= 11 is 0. The standard InChI is InChI=1S/C56H40O2P2/c57-59(37-21-5-1-6-22-37,38-23-7-2-8-24-38)55-51-45-33-17-13-29-41(45)49(42-30-14-18-34-46(42)51)53(55)54-50-43-31-15-19-35-47(43)52(48-36-20-16-32-44(48)50)56(54)60(58,39-25-9-3-10-26-39)40-27-11-4-12-28-40/h1-36,49-52H. The van der Waals surface area contributed by atoms with Crippen LogP contribution in [0.5, 0.6) is 0 Å². The maximum absolute atomic E-state index is 17.5. The fraction of sp³-hybridized carbons (Fsp3) is 0.0714. The molecule has 8 aromatic rings. The molecule has 2 nitrogen and oxygen atoms in total. The van der Waals surface area contributed by atoms with Gasteiger partial charge in [0.1, 0.15) is 0 Å². The topological polar surface area (TPSA) is 34.1 Å². The Bertz CT molecular complexity index is 2770. The zero-order chi connectivity index (χ0) is 40.0. The van der Waals surface area contributed by atoms with Crippen molar-refractivity contribution in [3.8, 4) is 0 Å². The minimum Gasteiger partial charge on any atom is -0.309 e. The average Bonchev–Trinajstić information content (AvgIpc) is 3.34. The van der Waals surface area contributed by atoms with E-state index in [1.807, 2.05) is 72.8 Å². The van der Waals surface area contributed by atoms with Crippen molar-refractivity contribution < 1.29 is 9.13 Å². The normalized spacial score (nSPS) is 19.7. The molecule has 0 aliphatic heterocycles. The van der Waals surface area contributed by atoms with E-state index in [0.29, 0.717) is 0 Å². The van der Waals surface area contributed by atoms with Crippen molar-refractivity contribution in [3.63, 3.8) is 0 Å². The third-order valence-electron chi connectivity index (χ3n) is 13.6. The van der Waals surface area contributed by atoms with Crippen LogP contribution in [0, 0.1) is 0 Å². The Hall–Kier alpha value is -6.30. The quantitative estimate of drug-likeness (QED) is 0.150. The van der Waals surface area contributed by atoms with Gasteiger partial charge in [0.05, 0.1) is 0 Å². The minimum absolute atomic E-state index is 0.248. The van der Waals surface area contributed by atoms with Gasteiger partial charge in [-0.3, -0.25) is 0 Å². The molecular formula is C56H40O2P2. The first-order chi connectivity index (χ1) is 29.6. The van der Waals surface area contributed by atoms with Crippen molar-refractivity contribution >= 4 is 35.5 Å². The molecule has 0 unspecified atom stereocenters. The number of hydrogen-bond donors (Lipinski definition) is 0. The average molecular weight is 807 g/mol. The van der Waals surface area contributed by atoms with E-state index in [0.717, 1.165) is 43.0 Å². The number of hydrogen-bond acceptors (Lipinski definition) is 2. The SMILES string of the molecule is O=P(C1=C(C2=C(P(=O)(c3ccccc3)c3ccccc3)C3c4ccccc4C2c2ccccc23)C2c3ccccc3C1c1ccccc12)(c1ccccc1)c1ccccc1. The minimum atomic E-state index is -3.63. The van der Waals surface area contributed by atoms with Crippen LogP contribution in [0.2, 0.25) is 0 Å². The smallest absolute Gasteiger partial charge is 0.168 e. The van der Waals surface area contributed by atoms with Crippen molar-refractivity contribution in [1.82, 2.24) is 0 Å². The summed E-state index contributed by atoms with van der Waals surface area (Å²) in [5.41, 5.74) is 11.9. The van der Waals surface area contributed by atoms with Gasteiger partial charge in [-0.05, 0) is 55.7 Å². The maximum Gasteiger partial charge on any atom is 0.168 e. The molecule has 6 aliphatic rings. The van der Waals surface area contributed by atoms with Crippen LogP contribution >= 0.6 is 14.3 Å². The highest BCUT2D eigenvalue weighted by Crippen LogP contribution is 2.75. The molecule has 286 valence electrons. The predicted octanol–water partition coefficient (Wildman–Crippen LogP) is 12.1. The highest BCUT2D eigenvalue weighted by Gasteiger charge is 2.56. The van der Waals surface area contributed by atoms with Gasteiger partial charge in [0.25, 0.3) is 0 Å². The first-order valence-electron chi connectivity index (χ1n) is 20.9. The lowest BCUT2D eigenvalue weighted by Gasteiger charge is -2.52. The first-order valence-corrected chi connectivity index (χ1v) is 24.3. The molecule has 60 heavy (non-hydrogen) atoms. The third-order valence-corrected chi connectivity index (χ3v) is 20.1. The monoisotopic (exact) mass is 806 g/mol. The molecule has 14 rings (SSSR count). The molecule has 0 atom stereocenters.